The van der Waals surface area contributed by atoms with E-state index in [-0.39, 0.29) is 23.0 Å². The predicted octanol–water partition coefficient (Wildman–Crippen LogP) is 0.826. The molecule has 1 aromatic heterocycles. The fraction of sp³-hybridized carbons (Fsp3) is 0.278. The zero-order valence-corrected chi connectivity index (χ0v) is 15.0. The van der Waals surface area contributed by atoms with Crippen LogP contribution in [-0.4, -0.2) is 46.0 Å². The highest BCUT2D eigenvalue weighted by atomic mass is 32.1. The number of carbonyl (C=O) groups excluding carboxylic acids is 2. The van der Waals surface area contributed by atoms with Crippen molar-refractivity contribution in [1.29, 1.82) is 0 Å². The number of nitrogens with two attached hydrogens (primary N) is 2. The lowest BCUT2D eigenvalue weighted by molar-refractivity contribution is -0.141. The molecule has 8 heteroatoms. The number of primary amides is 1. The summed E-state index contributed by atoms with van der Waals surface area (Å²) in [7, 11) is 1.66. The van der Waals surface area contributed by atoms with Gasteiger partial charge in [0, 0.05) is 37.6 Å². The molecule has 2 aromatic rings. The standard InChI is InChI=1S/C18H18N4O3S/c1-22-9-8-18(25,17(22)24)7-3-5-11-4-2-6-12(10-11)16-21-13(14(19)23)15(20)26-16/h2,4,6,10,25H,7-9,20H2,1H3,(H2,19,23). The molecule has 1 aliphatic heterocycles. The van der Waals surface area contributed by atoms with E-state index in [4.69, 9.17) is 11.5 Å². The summed E-state index contributed by atoms with van der Waals surface area (Å²) in [5, 5.41) is 11.2. The number of carbonyl (C=O) groups is 2. The number of likely N-dealkylation sites (tertiary alicyclic amines) is 1. The molecule has 1 fully saturated rings. The molecule has 1 aromatic carbocycles. The maximum absolute atomic E-state index is 11.9. The molecule has 0 bridgehead atoms. The van der Waals surface area contributed by atoms with Crippen molar-refractivity contribution in [3.8, 4) is 22.4 Å². The Balaban J connectivity index is 1.80. The van der Waals surface area contributed by atoms with Crippen LogP contribution in [0.2, 0.25) is 0 Å². The van der Waals surface area contributed by atoms with Crippen LogP contribution < -0.4 is 11.5 Å². The minimum Gasteiger partial charge on any atom is -0.389 e. The lowest BCUT2D eigenvalue weighted by Gasteiger charge is -2.17. The molecule has 0 saturated carbocycles. The van der Waals surface area contributed by atoms with E-state index in [1.165, 1.54) is 16.2 Å². The molecule has 5 N–H and O–H groups in total. The number of anilines is 1. The van der Waals surface area contributed by atoms with E-state index in [2.05, 4.69) is 16.8 Å². The monoisotopic (exact) mass is 370 g/mol. The first-order chi connectivity index (χ1) is 12.3. The third-order valence-corrected chi connectivity index (χ3v) is 5.15. The van der Waals surface area contributed by atoms with Crippen molar-refractivity contribution in [3.05, 3.63) is 35.5 Å². The fourth-order valence-electron chi connectivity index (χ4n) is 2.73. The van der Waals surface area contributed by atoms with E-state index in [0.717, 1.165) is 5.56 Å². The van der Waals surface area contributed by atoms with Crippen molar-refractivity contribution in [2.45, 2.75) is 18.4 Å². The van der Waals surface area contributed by atoms with Crippen molar-refractivity contribution in [2.75, 3.05) is 19.3 Å². The summed E-state index contributed by atoms with van der Waals surface area (Å²) in [5.41, 5.74) is 11.1. The summed E-state index contributed by atoms with van der Waals surface area (Å²) >= 11 is 1.18. The number of benzene rings is 1. The second-order valence-corrected chi connectivity index (χ2v) is 7.19. The quantitative estimate of drug-likeness (QED) is 0.691. The second kappa shape index (κ2) is 6.78. The van der Waals surface area contributed by atoms with Crippen LogP contribution in [0, 0.1) is 11.8 Å². The van der Waals surface area contributed by atoms with Gasteiger partial charge in [0.1, 0.15) is 10.0 Å². The first-order valence-electron chi connectivity index (χ1n) is 7.93. The van der Waals surface area contributed by atoms with E-state index in [1.54, 1.807) is 7.05 Å². The maximum atomic E-state index is 11.9. The predicted molar refractivity (Wildman–Crippen MR) is 99.2 cm³/mol. The Morgan fingerprint density at radius 3 is 2.88 bits per heavy atom. The van der Waals surface area contributed by atoms with E-state index < -0.39 is 11.5 Å². The summed E-state index contributed by atoms with van der Waals surface area (Å²) in [6, 6.07) is 7.26. The Morgan fingerprint density at radius 1 is 1.50 bits per heavy atom. The third kappa shape index (κ3) is 3.40. The molecule has 3 rings (SSSR count). The summed E-state index contributed by atoms with van der Waals surface area (Å²) in [6.07, 6.45) is 0.460. The number of aliphatic hydroxyl groups is 1. The molecule has 0 spiro atoms. The number of aromatic nitrogens is 1. The van der Waals surface area contributed by atoms with E-state index in [1.807, 2.05) is 24.3 Å². The average molecular weight is 370 g/mol. The van der Waals surface area contributed by atoms with Crippen LogP contribution in [-0.2, 0) is 4.79 Å². The molecule has 2 amide bonds. The maximum Gasteiger partial charge on any atom is 0.270 e. The highest BCUT2D eigenvalue weighted by molar-refractivity contribution is 7.19. The lowest BCUT2D eigenvalue weighted by atomic mass is 9.98. The summed E-state index contributed by atoms with van der Waals surface area (Å²) in [4.78, 5) is 28.9. The molecular formula is C18H18N4O3S. The van der Waals surface area contributed by atoms with Gasteiger partial charge in [-0.25, -0.2) is 4.98 Å². The van der Waals surface area contributed by atoms with Crippen LogP contribution in [0.25, 0.3) is 10.6 Å². The van der Waals surface area contributed by atoms with Crippen molar-refractivity contribution in [3.63, 3.8) is 0 Å². The molecule has 0 radical (unpaired) electrons. The van der Waals surface area contributed by atoms with Crippen LogP contribution in [0.5, 0.6) is 0 Å². The van der Waals surface area contributed by atoms with Gasteiger partial charge >= 0.3 is 0 Å². The highest BCUT2D eigenvalue weighted by Gasteiger charge is 2.42. The molecule has 7 nitrogen and oxygen atoms in total. The minimum atomic E-state index is -1.40. The number of nitrogen functional groups attached to an aromatic ring is 1. The number of hydrogen-bond acceptors (Lipinski definition) is 6. The molecule has 1 saturated heterocycles. The normalized spacial score (nSPS) is 19.3. The van der Waals surface area contributed by atoms with Gasteiger partial charge in [-0.2, -0.15) is 0 Å². The van der Waals surface area contributed by atoms with Gasteiger partial charge in [-0.1, -0.05) is 35.3 Å². The van der Waals surface area contributed by atoms with Crippen molar-refractivity contribution < 1.29 is 14.7 Å². The van der Waals surface area contributed by atoms with Crippen LogP contribution in [0.3, 0.4) is 0 Å². The van der Waals surface area contributed by atoms with E-state index >= 15 is 0 Å². The van der Waals surface area contributed by atoms with Gasteiger partial charge in [0.2, 0.25) is 0 Å². The van der Waals surface area contributed by atoms with Gasteiger partial charge < -0.3 is 21.5 Å². The Labute approximate surface area is 154 Å². The summed E-state index contributed by atoms with van der Waals surface area (Å²) < 4.78 is 0. The first kappa shape index (κ1) is 17.9. The molecule has 26 heavy (non-hydrogen) atoms. The number of thiazole rings is 1. The SMILES string of the molecule is CN1CCC(O)(CC#Cc2cccc(-c3nc(C(N)=O)c(N)s3)c2)C1=O. The molecule has 134 valence electrons. The van der Waals surface area contributed by atoms with E-state index in [9.17, 15) is 14.7 Å². The van der Waals surface area contributed by atoms with Gasteiger partial charge in [-0.3, -0.25) is 9.59 Å². The summed E-state index contributed by atoms with van der Waals surface area (Å²) in [5.74, 6) is 4.88. The van der Waals surface area contributed by atoms with Crippen LogP contribution >= 0.6 is 11.3 Å². The number of hydrogen-bond donors (Lipinski definition) is 3. The van der Waals surface area contributed by atoms with Gasteiger partial charge in [-0.05, 0) is 12.1 Å². The molecule has 1 aliphatic rings. The van der Waals surface area contributed by atoms with Crippen molar-refractivity contribution >= 4 is 28.2 Å². The van der Waals surface area contributed by atoms with Crippen LogP contribution in [0.15, 0.2) is 24.3 Å². The topological polar surface area (TPSA) is 123 Å². The zero-order valence-electron chi connectivity index (χ0n) is 14.2. The van der Waals surface area contributed by atoms with Gasteiger partial charge in [0.15, 0.2) is 11.3 Å². The lowest BCUT2D eigenvalue weighted by Crippen LogP contribution is -2.38. The largest absolute Gasteiger partial charge is 0.389 e. The Morgan fingerprint density at radius 2 is 2.27 bits per heavy atom. The molecule has 0 aliphatic carbocycles. The number of likely N-dealkylation sites (N-methyl/N-ethyl adjacent to an activating group) is 1. The summed E-state index contributed by atoms with van der Waals surface area (Å²) in [6.45, 7) is 0.528. The molecule has 1 atom stereocenters. The fourth-order valence-corrected chi connectivity index (χ4v) is 3.57. The Kier molecular flexibility index (Phi) is 4.68. The highest BCUT2D eigenvalue weighted by Crippen LogP contribution is 2.30. The minimum absolute atomic E-state index is 0.0626. The third-order valence-electron chi connectivity index (χ3n) is 4.22. The Bertz CT molecular complexity index is 943. The van der Waals surface area contributed by atoms with Crippen LogP contribution in [0.1, 0.15) is 28.9 Å². The number of nitrogens with zero attached hydrogens (tertiary/aromatic N) is 2. The molecule has 2 heterocycles. The molecular weight excluding hydrogens is 352 g/mol. The van der Waals surface area contributed by atoms with Gasteiger partial charge in [0.05, 0.1) is 0 Å². The van der Waals surface area contributed by atoms with Crippen LogP contribution in [0.4, 0.5) is 5.00 Å². The smallest absolute Gasteiger partial charge is 0.270 e. The van der Waals surface area contributed by atoms with Gasteiger partial charge in [-0.15, -0.1) is 0 Å². The Hall–Kier alpha value is -2.89. The zero-order chi connectivity index (χ0) is 18.9. The first-order valence-corrected chi connectivity index (χ1v) is 8.75. The van der Waals surface area contributed by atoms with Crippen molar-refractivity contribution in [2.24, 2.45) is 5.73 Å². The second-order valence-electron chi connectivity index (χ2n) is 6.16. The number of rotatable bonds is 3. The number of amides is 2. The average Bonchev–Trinajstić information content (AvgIpc) is 3.11. The van der Waals surface area contributed by atoms with Gasteiger partial charge in [0.25, 0.3) is 11.8 Å². The van der Waals surface area contributed by atoms with E-state index in [0.29, 0.717) is 23.5 Å². The van der Waals surface area contributed by atoms with Crippen molar-refractivity contribution in [1.82, 2.24) is 9.88 Å². The molecule has 1 unspecified atom stereocenters.